The van der Waals surface area contributed by atoms with Gasteiger partial charge in [-0.2, -0.15) is 4.98 Å². The lowest BCUT2D eigenvalue weighted by Crippen LogP contribution is -2.52. The molecule has 3 aliphatic heterocycles. The lowest BCUT2D eigenvalue weighted by Gasteiger charge is -2.42. The molecule has 6 rings (SSSR count). The van der Waals surface area contributed by atoms with E-state index in [0.717, 1.165) is 55.4 Å². The van der Waals surface area contributed by atoms with Gasteiger partial charge in [0.05, 0.1) is 28.8 Å². The molecule has 3 aliphatic rings. The third-order valence-electron chi connectivity index (χ3n) is 8.20. The number of hydrogen-bond donors (Lipinski definition) is 3. The van der Waals surface area contributed by atoms with Crippen molar-refractivity contribution in [1.82, 2.24) is 30.1 Å². The van der Waals surface area contributed by atoms with Crippen LogP contribution in [0.15, 0.2) is 36.5 Å². The van der Waals surface area contributed by atoms with Crippen molar-refractivity contribution in [3.63, 3.8) is 0 Å². The minimum absolute atomic E-state index is 0.107. The number of fused-ring (bicyclic) bond motifs is 1. The SMILES string of the molecule is CCc1nc(N2CCC(N3CCN(C)CC3)CC2)ccc1Nc1ncc(Cl)c(Nc2cccc3c2C(=O)NC3)n1. The smallest absolute Gasteiger partial charge is 0.254 e. The highest BCUT2D eigenvalue weighted by molar-refractivity contribution is 6.33. The third-order valence-corrected chi connectivity index (χ3v) is 8.47. The standard InChI is InChI=1S/C29H36ClN9O/c1-3-22-23(7-8-25(33-22)39-11-9-20(10-12-39)38-15-13-37(2)14-16-38)35-29-32-18-21(30)27(36-29)34-24-6-4-5-19-17-31-28(40)26(19)24/h4-8,18,20H,3,9-17H2,1-2H3,(H,31,40)(H2,32,34,35,36). The number of nitrogens with zero attached hydrogens (tertiary/aromatic N) is 6. The summed E-state index contributed by atoms with van der Waals surface area (Å²) < 4.78 is 0. The molecule has 3 aromatic rings. The molecule has 40 heavy (non-hydrogen) atoms. The van der Waals surface area contributed by atoms with Crippen molar-refractivity contribution in [2.75, 3.05) is 61.8 Å². The highest BCUT2D eigenvalue weighted by Gasteiger charge is 2.27. The van der Waals surface area contributed by atoms with E-state index < -0.39 is 0 Å². The number of benzene rings is 1. The van der Waals surface area contributed by atoms with E-state index in [9.17, 15) is 4.79 Å². The average Bonchev–Trinajstić information content (AvgIpc) is 3.37. The number of likely N-dealkylation sites (N-methyl/N-ethyl adjacent to an activating group) is 1. The fourth-order valence-electron chi connectivity index (χ4n) is 5.84. The molecule has 11 heteroatoms. The van der Waals surface area contributed by atoms with Crippen molar-refractivity contribution >= 4 is 46.5 Å². The topological polar surface area (TPSA) is 102 Å². The van der Waals surface area contributed by atoms with Crippen LogP contribution in [0.5, 0.6) is 0 Å². The van der Waals surface area contributed by atoms with Crippen LogP contribution < -0.4 is 20.9 Å². The van der Waals surface area contributed by atoms with Gasteiger partial charge in [0.25, 0.3) is 5.91 Å². The first kappa shape index (κ1) is 26.7. The number of carbonyl (C=O) groups is 1. The zero-order chi connectivity index (χ0) is 27.6. The van der Waals surface area contributed by atoms with E-state index in [2.05, 4.69) is 66.7 Å². The van der Waals surface area contributed by atoms with Gasteiger partial charge >= 0.3 is 0 Å². The molecule has 1 aromatic carbocycles. The minimum atomic E-state index is -0.107. The van der Waals surface area contributed by atoms with Crippen LogP contribution in [0.25, 0.3) is 0 Å². The van der Waals surface area contributed by atoms with E-state index in [1.165, 1.54) is 25.9 Å². The van der Waals surface area contributed by atoms with E-state index in [1.54, 1.807) is 6.20 Å². The number of nitrogens with one attached hydrogen (secondary N) is 3. The Labute approximate surface area is 240 Å². The fourth-order valence-corrected chi connectivity index (χ4v) is 5.98. The number of carbonyl (C=O) groups excluding carboxylic acids is 1. The van der Waals surface area contributed by atoms with Crippen molar-refractivity contribution in [3.05, 3.63) is 58.4 Å². The molecule has 0 saturated carbocycles. The number of rotatable bonds is 7. The first-order valence-electron chi connectivity index (χ1n) is 14.1. The van der Waals surface area contributed by atoms with E-state index in [-0.39, 0.29) is 5.91 Å². The maximum atomic E-state index is 12.3. The third kappa shape index (κ3) is 5.56. The monoisotopic (exact) mass is 561 g/mol. The van der Waals surface area contributed by atoms with Gasteiger partial charge < -0.3 is 25.8 Å². The Morgan fingerprint density at radius 1 is 1.00 bits per heavy atom. The summed E-state index contributed by atoms with van der Waals surface area (Å²) in [5, 5.41) is 9.78. The number of amides is 1. The summed E-state index contributed by atoms with van der Waals surface area (Å²) in [5.74, 6) is 1.75. The molecule has 0 bridgehead atoms. The Kier molecular flexibility index (Phi) is 7.73. The minimum Gasteiger partial charge on any atom is -0.356 e. The van der Waals surface area contributed by atoms with Crippen LogP contribution in [0.1, 0.15) is 41.4 Å². The summed E-state index contributed by atoms with van der Waals surface area (Å²) in [6, 6.07) is 10.5. The second kappa shape index (κ2) is 11.6. The number of aryl methyl sites for hydroxylation is 1. The predicted octanol–water partition coefficient (Wildman–Crippen LogP) is 4.03. The van der Waals surface area contributed by atoms with E-state index in [4.69, 9.17) is 16.6 Å². The number of pyridine rings is 1. The van der Waals surface area contributed by atoms with Gasteiger partial charge in [-0.15, -0.1) is 0 Å². The first-order chi connectivity index (χ1) is 19.5. The summed E-state index contributed by atoms with van der Waals surface area (Å²) in [6.45, 7) is 9.34. The summed E-state index contributed by atoms with van der Waals surface area (Å²) in [7, 11) is 2.21. The predicted molar refractivity (Wildman–Crippen MR) is 159 cm³/mol. The molecule has 2 aromatic heterocycles. The van der Waals surface area contributed by atoms with Crippen molar-refractivity contribution in [2.24, 2.45) is 0 Å². The van der Waals surface area contributed by atoms with E-state index in [1.807, 2.05) is 18.2 Å². The van der Waals surface area contributed by atoms with Crippen LogP contribution in [0.4, 0.5) is 29.0 Å². The number of hydrogen-bond acceptors (Lipinski definition) is 9. The molecular formula is C29H36ClN9O. The number of piperidine rings is 1. The molecule has 0 atom stereocenters. The molecule has 3 N–H and O–H groups in total. The lowest BCUT2D eigenvalue weighted by atomic mass is 10.0. The Morgan fingerprint density at radius 2 is 1.80 bits per heavy atom. The van der Waals surface area contributed by atoms with Gasteiger partial charge in [-0.05, 0) is 50.1 Å². The quantitative estimate of drug-likeness (QED) is 0.394. The van der Waals surface area contributed by atoms with Crippen LogP contribution >= 0.6 is 11.6 Å². The van der Waals surface area contributed by atoms with E-state index >= 15 is 0 Å². The summed E-state index contributed by atoms with van der Waals surface area (Å²) in [5.41, 5.74) is 4.06. The van der Waals surface area contributed by atoms with Crippen LogP contribution in [0.3, 0.4) is 0 Å². The van der Waals surface area contributed by atoms with Crippen molar-refractivity contribution in [1.29, 1.82) is 0 Å². The average molecular weight is 562 g/mol. The molecule has 10 nitrogen and oxygen atoms in total. The summed E-state index contributed by atoms with van der Waals surface area (Å²) in [6.07, 6.45) is 4.68. The van der Waals surface area contributed by atoms with Crippen LogP contribution in [-0.4, -0.2) is 83.0 Å². The molecule has 2 saturated heterocycles. The maximum Gasteiger partial charge on any atom is 0.254 e. The number of halogens is 1. The van der Waals surface area contributed by atoms with Gasteiger partial charge in [0.2, 0.25) is 5.95 Å². The lowest BCUT2D eigenvalue weighted by molar-refractivity contribution is 0.0966. The Hall–Kier alpha value is -3.47. The number of piperazine rings is 1. The van der Waals surface area contributed by atoms with Gasteiger partial charge in [0, 0.05) is 51.9 Å². The molecule has 210 valence electrons. The van der Waals surface area contributed by atoms with Crippen molar-refractivity contribution in [3.8, 4) is 0 Å². The van der Waals surface area contributed by atoms with Gasteiger partial charge in [-0.3, -0.25) is 9.69 Å². The van der Waals surface area contributed by atoms with Crippen LogP contribution in [0, 0.1) is 0 Å². The highest BCUT2D eigenvalue weighted by atomic mass is 35.5. The molecule has 2 fully saturated rings. The normalized spacial score (nSPS) is 18.5. The van der Waals surface area contributed by atoms with Gasteiger partial charge in [-0.25, -0.2) is 9.97 Å². The summed E-state index contributed by atoms with van der Waals surface area (Å²) >= 11 is 6.43. The molecule has 0 radical (unpaired) electrons. The largest absolute Gasteiger partial charge is 0.356 e. The highest BCUT2D eigenvalue weighted by Crippen LogP contribution is 2.31. The first-order valence-corrected chi connectivity index (χ1v) is 14.5. The zero-order valence-corrected chi connectivity index (χ0v) is 23.8. The van der Waals surface area contributed by atoms with Gasteiger partial charge in [0.15, 0.2) is 5.82 Å². The molecule has 0 aliphatic carbocycles. The molecule has 0 unspecified atom stereocenters. The number of anilines is 5. The van der Waals surface area contributed by atoms with Crippen LogP contribution in [-0.2, 0) is 13.0 Å². The fraction of sp³-hybridized carbons (Fsp3) is 0.448. The van der Waals surface area contributed by atoms with Crippen LogP contribution in [0.2, 0.25) is 5.02 Å². The number of aromatic nitrogens is 3. The maximum absolute atomic E-state index is 12.3. The second-order valence-electron chi connectivity index (χ2n) is 10.7. The van der Waals surface area contributed by atoms with E-state index in [0.29, 0.717) is 40.6 Å². The Bertz CT molecular complexity index is 1380. The van der Waals surface area contributed by atoms with Crippen molar-refractivity contribution in [2.45, 2.75) is 38.8 Å². The summed E-state index contributed by atoms with van der Waals surface area (Å²) in [4.78, 5) is 33.9. The van der Waals surface area contributed by atoms with Crippen molar-refractivity contribution < 1.29 is 4.79 Å². The van der Waals surface area contributed by atoms with Gasteiger partial charge in [0.1, 0.15) is 10.8 Å². The Balaban J connectivity index is 1.14. The molecule has 1 amide bonds. The molecule has 5 heterocycles. The van der Waals surface area contributed by atoms with Gasteiger partial charge in [-0.1, -0.05) is 30.7 Å². The Morgan fingerprint density at radius 3 is 2.58 bits per heavy atom. The zero-order valence-electron chi connectivity index (χ0n) is 23.1. The molecular weight excluding hydrogens is 526 g/mol. The second-order valence-corrected chi connectivity index (χ2v) is 11.1. The molecule has 0 spiro atoms.